The highest BCUT2D eigenvalue weighted by Gasteiger charge is 2.09. The summed E-state index contributed by atoms with van der Waals surface area (Å²) in [7, 11) is 1.40. The van der Waals surface area contributed by atoms with Crippen molar-refractivity contribution in [2.75, 3.05) is 20.3 Å². The summed E-state index contributed by atoms with van der Waals surface area (Å²) in [6.45, 7) is 9.67. The number of methoxy groups -OCH3 is 1. The van der Waals surface area contributed by atoms with Crippen LogP contribution in [0.1, 0.15) is 40.5 Å². The number of hydrogen-bond donors (Lipinski definition) is 0. The molecule has 0 bridgehead atoms. The van der Waals surface area contributed by atoms with Crippen LogP contribution in [0.5, 0.6) is 0 Å². The molecule has 0 rings (SSSR count). The van der Waals surface area contributed by atoms with Gasteiger partial charge in [0.25, 0.3) is 0 Å². The van der Waals surface area contributed by atoms with E-state index in [1.807, 2.05) is 6.92 Å². The topological polar surface area (TPSA) is 35.5 Å². The van der Waals surface area contributed by atoms with Gasteiger partial charge in [0, 0.05) is 12.2 Å². The van der Waals surface area contributed by atoms with Crippen LogP contribution in [-0.4, -0.2) is 26.3 Å². The van der Waals surface area contributed by atoms with Gasteiger partial charge in [-0.2, -0.15) is 0 Å². The Balaban J connectivity index is 3.85. The lowest BCUT2D eigenvalue weighted by molar-refractivity contribution is -0.136. The Kier molecular flexibility index (Phi) is 7.06. The van der Waals surface area contributed by atoms with Gasteiger partial charge in [0.15, 0.2) is 0 Å². The molecule has 0 aliphatic carbocycles. The van der Waals surface area contributed by atoms with Crippen molar-refractivity contribution in [1.29, 1.82) is 0 Å². The highest BCUT2D eigenvalue weighted by molar-refractivity contribution is 5.88. The van der Waals surface area contributed by atoms with Crippen LogP contribution in [0.2, 0.25) is 0 Å². The van der Waals surface area contributed by atoms with Gasteiger partial charge < -0.3 is 9.47 Å². The van der Waals surface area contributed by atoms with E-state index in [2.05, 4.69) is 25.5 Å². The Bertz CT molecular complexity index is 236. The molecule has 0 saturated carbocycles. The van der Waals surface area contributed by atoms with E-state index in [-0.39, 0.29) is 5.97 Å². The van der Waals surface area contributed by atoms with E-state index in [1.54, 1.807) is 6.08 Å². The molecule has 16 heavy (non-hydrogen) atoms. The third-order valence-electron chi connectivity index (χ3n) is 2.27. The monoisotopic (exact) mass is 228 g/mol. The summed E-state index contributed by atoms with van der Waals surface area (Å²) in [5.74, 6) is -0.262. The smallest absolute Gasteiger partial charge is 0.333 e. The summed E-state index contributed by atoms with van der Waals surface area (Å²) >= 11 is 0. The fourth-order valence-electron chi connectivity index (χ4n) is 1.12. The zero-order chi connectivity index (χ0) is 12.6. The standard InChI is InChI=1S/C13H24O3/c1-6-11(12(14)15-5)7-9-16-10-8-13(2,3)4/h7H,6,8-10H2,1-5H3. The van der Waals surface area contributed by atoms with Crippen LogP contribution in [0.4, 0.5) is 0 Å². The number of hydrogen-bond acceptors (Lipinski definition) is 3. The highest BCUT2D eigenvalue weighted by atomic mass is 16.5. The normalized spacial score (nSPS) is 12.7. The number of carbonyl (C=O) groups excluding carboxylic acids is 1. The molecule has 0 aromatic heterocycles. The second-order valence-electron chi connectivity index (χ2n) is 4.96. The van der Waals surface area contributed by atoms with Gasteiger partial charge >= 0.3 is 5.97 Å². The molecule has 0 N–H and O–H groups in total. The Labute approximate surface area is 98.8 Å². The van der Waals surface area contributed by atoms with Gasteiger partial charge in [-0.3, -0.25) is 0 Å². The third kappa shape index (κ3) is 7.46. The average molecular weight is 228 g/mol. The first-order chi connectivity index (χ1) is 7.40. The molecule has 0 unspecified atom stereocenters. The molecule has 0 fully saturated rings. The van der Waals surface area contributed by atoms with Gasteiger partial charge in [-0.1, -0.05) is 27.7 Å². The number of ether oxygens (including phenoxy) is 2. The van der Waals surface area contributed by atoms with E-state index in [0.717, 1.165) is 13.0 Å². The van der Waals surface area contributed by atoms with E-state index >= 15 is 0 Å². The molecule has 3 heteroatoms. The molecular weight excluding hydrogens is 204 g/mol. The van der Waals surface area contributed by atoms with Crippen molar-refractivity contribution in [1.82, 2.24) is 0 Å². The van der Waals surface area contributed by atoms with Crippen LogP contribution in [0, 0.1) is 5.41 Å². The van der Waals surface area contributed by atoms with Gasteiger partial charge in [-0.05, 0) is 24.3 Å². The fraction of sp³-hybridized carbons (Fsp3) is 0.769. The van der Waals surface area contributed by atoms with E-state index in [0.29, 0.717) is 24.0 Å². The predicted octanol–water partition coefficient (Wildman–Crippen LogP) is 2.95. The second-order valence-corrected chi connectivity index (χ2v) is 4.96. The van der Waals surface area contributed by atoms with E-state index in [9.17, 15) is 4.79 Å². The van der Waals surface area contributed by atoms with Gasteiger partial charge in [-0.25, -0.2) is 4.79 Å². The van der Waals surface area contributed by atoms with Crippen molar-refractivity contribution in [3.8, 4) is 0 Å². The lowest BCUT2D eigenvalue weighted by Crippen LogP contribution is -2.10. The van der Waals surface area contributed by atoms with E-state index in [4.69, 9.17) is 4.74 Å². The molecule has 0 heterocycles. The molecule has 0 aromatic rings. The van der Waals surface area contributed by atoms with Crippen molar-refractivity contribution in [3.63, 3.8) is 0 Å². The lowest BCUT2D eigenvalue weighted by atomic mass is 9.93. The van der Waals surface area contributed by atoms with E-state index < -0.39 is 0 Å². The molecule has 0 aliphatic heterocycles. The SMILES string of the molecule is CCC(=CCOCCC(C)(C)C)C(=O)OC. The van der Waals surface area contributed by atoms with Crippen molar-refractivity contribution >= 4 is 5.97 Å². The minimum absolute atomic E-state index is 0.262. The maximum absolute atomic E-state index is 11.2. The summed E-state index contributed by atoms with van der Waals surface area (Å²) in [5, 5.41) is 0. The Morgan fingerprint density at radius 2 is 1.94 bits per heavy atom. The minimum atomic E-state index is -0.262. The predicted molar refractivity (Wildman–Crippen MR) is 65.3 cm³/mol. The highest BCUT2D eigenvalue weighted by Crippen LogP contribution is 2.17. The largest absolute Gasteiger partial charge is 0.466 e. The summed E-state index contributed by atoms with van der Waals surface area (Å²) in [5.41, 5.74) is 0.970. The molecule has 0 aromatic carbocycles. The van der Waals surface area contributed by atoms with Crippen molar-refractivity contribution in [2.24, 2.45) is 5.41 Å². The molecular formula is C13H24O3. The van der Waals surface area contributed by atoms with Gasteiger partial charge in [0.1, 0.15) is 0 Å². The van der Waals surface area contributed by atoms with Crippen LogP contribution >= 0.6 is 0 Å². The summed E-state index contributed by atoms with van der Waals surface area (Å²) < 4.78 is 10.1. The maximum atomic E-state index is 11.2. The first kappa shape index (κ1) is 15.2. The van der Waals surface area contributed by atoms with Crippen LogP contribution in [0.15, 0.2) is 11.6 Å². The van der Waals surface area contributed by atoms with Crippen LogP contribution in [0.25, 0.3) is 0 Å². The summed E-state index contributed by atoms with van der Waals surface area (Å²) in [4.78, 5) is 11.2. The first-order valence-electron chi connectivity index (χ1n) is 5.75. The van der Waals surface area contributed by atoms with Crippen molar-refractivity contribution < 1.29 is 14.3 Å². The van der Waals surface area contributed by atoms with E-state index in [1.165, 1.54) is 7.11 Å². The maximum Gasteiger partial charge on any atom is 0.333 e. The number of rotatable bonds is 6. The second kappa shape index (κ2) is 7.44. The van der Waals surface area contributed by atoms with Crippen LogP contribution in [-0.2, 0) is 14.3 Å². The van der Waals surface area contributed by atoms with Crippen molar-refractivity contribution in [2.45, 2.75) is 40.5 Å². The Morgan fingerprint density at radius 1 is 1.31 bits per heavy atom. The fourth-order valence-corrected chi connectivity index (χ4v) is 1.12. The first-order valence-corrected chi connectivity index (χ1v) is 5.75. The lowest BCUT2D eigenvalue weighted by Gasteiger charge is -2.17. The summed E-state index contributed by atoms with van der Waals surface area (Å²) in [6.07, 6.45) is 3.49. The molecule has 0 atom stereocenters. The van der Waals surface area contributed by atoms with Gasteiger partial charge in [0.05, 0.1) is 13.7 Å². The molecule has 0 aliphatic rings. The quantitative estimate of drug-likeness (QED) is 0.398. The molecule has 94 valence electrons. The molecule has 0 spiro atoms. The molecule has 0 saturated heterocycles. The number of esters is 1. The average Bonchev–Trinajstić information content (AvgIpc) is 2.21. The minimum Gasteiger partial charge on any atom is -0.466 e. The summed E-state index contributed by atoms with van der Waals surface area (Å²) in [6, 6.07) is 0. The van der Waals surface area contributed by atoms with Crippen molar-refractivity contribution in [3.05, 3.63) is 11.6 Å². The molecule has 3 nitrogen and oxygen atoms in total. The number of carbonyl (C=O) groups is 1. The Hall–Kier alpha value is -0.830. The third-order valence-corrected chi connectivity index (χ3v) is 2.27. The molecule has 0 radical (unpaired) electrons. The zero-order valence-corrected chi connectivity index (χ0v) is 11.1. The zero-order valence-electron chi connectivity index (χ0n) is 11.1. The van der Waals surface area contributed by atoms with Gasteiger partial charge in [0.2, 0.25) is 0 Å². The van der Waals surface area contributed by atoms with Gasteiger partial charge in [-0.15, -0.1) is 0 Å². The van der Waals surface area contributed by atoms with Crippen LogP contribution in [0.3, 0.4) is 0 Å². The molecule has 0 amide bonds. The van der Waals surface area contributed by atoms with Crippen LogP contribution < -0.4 is 0 Å². The Morgan fingerprint density at radius 3 is 2.38 bits per heavy atom.